The van der Waals surface area contributed by atoms with Crippen molar-refractivity contribution in [2.24, 2.45) is 5.92 Å². The first-order chi connectivity index (χ1) is 8.78. The number of hydrogen-bond acceptors (Lipinski definition) is 3. The molecule has 0 spiro atoms. The second-order valence-electron chi connectivity index (χ2n) is 4.82. The van der Waals surface area contributed by atoms with Gasteiger partial charge in [-0.05, 0) is 31.1 Å². The van der Waals surface area contributed by atoms with Gasteiger partial charge in [-0.15, -0.1) is 0 Å². The van der Waals surface area contributed by atoms with Crippen molar-refractivity contribution in [1.82, 2.24) is 0 Å². The highest BCUT2D eigenvalue weighted by Gasteiger charge is 2.21. The number of hydrogen-bond donors (Lipinski definition) is 1. The number of allylic oxidation sites excluding steroid dienone is 1. The third-order valence-corrected chi connectivity index (χ3v) is 5.69. The van der Waals surface area contributed by atoms with Crippen molar-refractivity contribution in [3.63, 3.8) is 0 Å². The fourth-order valence-electron chi connectivity index (χ4n) is 1.46. The molecule has 1 N–H and O–H groups in total. The molecule has 3 nitrogen and oxygen atoms in total. The molecule has 0 aliphatic rings. The summed E-state index contributed by atoms with van der Waals surface area (Å²) < 4.78 is 24.8. The standard InChI is InChI=1S/C14H19BrO3S/c1-10(2)14(16)8-13(9-15)19(17,18)12-6-4-11(3)5-7-12/h4-8,10,14,16H,9H2,1-3H3/b13-8+. The molecule has 0 saturated carbocycles. The first-order valence-electron chi connectivity index (χ1n) is 6.05. The van der Waals surface area contributed by atoms with Gasteiger partial charge in [0.2, 0.25) is 9.84 Å². The van der Waals surface area contributed by atoms with Crippen LogP contribution < -0.4 is 0 Å². The number of alkyl halides is 1. The number of halogens is 1. The van der Waals surface area contributed by atoms with Gasteiger partial charge in [-0.25, -0.2) is 8.42 Å². The summed E-state index contributed by atoms with van der Waals surface area (Å²) in [7, 11) is -3.54. The monoisotopic (exact) mass is 346 g/mol. The molecule has 1 aromatic carbocycles. The maximum absolute atomic E-state index is 12.4. The molecule has 0 bridgehead atoms. The Labute approximate surface area is 123 Å². The van der Waals surface area contributed by atoms with E-state index >= 15 is 0 Å². The Bertz CT molecular complexity index is 545. The van der Waals surface area contributed by atoms with Crippen molar-refractivity contribution < 1.29 is 13.5 Å². The van der Waals surface area contributed by atoms with Crippen molar-refractivity contribution in [2.45, 2.75) is 31.8 Å². The van der Waals surface area contributed by atoms with Crippen LogP contribution in [0.2, 0.25) is 0 Å². The van der Waals surface area contributed by atoms with Crippen LogP contribution in [0.25, 0.3) is 0 Å². The van der Waals surface area contributed by atoms with Crippen LogP contribution >= 0.6 is 15.9 Å². The predicted molar refractivity (Wildman–Crippen MR) is 81.1 cm³/mol. The number of aliphatic hydroxyl groups is 1. The van der Waals surface area contributed by atoms with Crippen LogP contribution in [0.5, 0.6) is 0 Å². The second kappa shape index (κ2) is 6.68. The molecule has 0 fully saturated rings. The van der Waals surface area contributed by atoms with Crippen LogP contribution in [0.15, 0.2) is 40.1 Å². The zero-order valence-electron chi connectivity index (χ0n) is 11.3. The second-order valence-corrected chi connectivity index (χ2v) is 7.38. The molecular weight excluding hydrogens is 328 g/mol. The first kappa shape index (κ1) is 16.4. The third kappa shape index (κ3) is 4.16. The SMILES string of the molecule is Cc1ccc(S(=O)(=O)/C(=C/C(O)C(C)C)CBr)cc1. The summed E-state index contributed by atoms with van der Waals surface area (Å²) in [5.74, 6) is -0.0257. The number of aliphatic hydroxyl groups excluding tert-OH is 1. The Morgan fingerprint density at radius 3 is 2.26 bits per heavy atom. The van der Waals surface area contributed by atoms with Crippen LogP contribution in [0.4, 0.5) is 0 Å². The van der Waals surface area contributed by atoms with E-state index in [2.05, 4.69) is 15.9 Å². The molecule has 0 radical (unpaired) electrons. The normalized spacial score (nSPS) is 14.7. The van der Waals surface area contributed by atoms with Gasteiger partial charge in [-0.3, -0.25) is 0 Å². The zero-order valence-corrected chi connectivity index (χ0v) is 13.7. The van der Waals surface area contributed by atoms with Crippen molar-refractivity contribution in [3.05, 3.63) is 40.8 Å². The average molecular weight is 347 g/mol. The quantitative estimate of drug-likeness (QED) is 0.833. The summed E-state index contributed by atoms with van der Waals surface area (Å²) in [5.41, 5.74) is 1.01. The lowest BCUT2D eigenvalue weighted by atomic mass is 10.1. The van der Waals surface area contributed by atoms with Gasteiger partial charge in [0, 0.05) is 5.33 Å². The van der Waals surface area contributed by atoms with Gasteiger partial charge in [-0.1, -0.05) is 47.5 Å². The summed E-state index contributed by atoms with van der Waals surface area (Å²) in [6, 6.07) is 6.70. The number of aryl methyl sites for hydroxylation is 1. The summed E-state index contributed by atoms with van der Waals surface area (Å²) in [4.78, 5) is 0.442. The summed E-state index contributed by atoms with van der Waals surface area (Å²) >= 11 is 3.18. The van der Waals surface area contributed by atoms with Crippen LogP contribution in [0.3, 0.4) is 0 Å². The summed E-state index contributed by atoms with van der Waals surface area (Å²) in [5, 5.41) is 10.0. The lowest BCUT2D eigenvalue weighted by molar-refractivity contribution is 0.172. The van der Waals surface area contributed by atoms with Gasteiger partial charge in [0.1, 0.15) is 0 Å². The number of benzene rings is 1. The van der Waals surface area contributed by atoms with Crippen molar-refractivity contribution in [1.29, 1.82) is 0 Å². The largest absolute Gasteiger partial charge is 0.389 e. The van der Waals surface area contributed by atoms with E-state index in [1.807, 2.05) is 20.8 Å². The molecule has 0 aliphatic heterocycles. The molecule has 19 heavy (non-hydrogen) atoms. The smallest absolute Gasteiger partial charge is 0.203 e. The molecule has 0 heterocycles. The molecule has 106 valence electrons. The Morgan fingerprint density at radius 1 is 1.32 bits per heavy atom. The van der Waals surface area contributed by atoms with Crippen LogP contribution in [-0.4, -0.2) is 25.0 Å². The van der Waals surface area contributed by atoms with Gasteiger partial charge in [0.25, 0.3) is 0 Å². The maximum atomic E-state index is 12.4. The van der Waals surface area contributed by atoms with E-state index in [0.717, 1.165) is 5.56 Å². The molecule has 1 unspecified atom stereocenters. The third-order valence-electron chi connectivity index (χ3n) is 2.85. The average Bonchev–Trinajstić information content (AvgIpc) is 2.35. The van der Waals surface area contributed by atoms with Gasteiger partial charge >= 0.3 is 0 Å². The molecule has 0 saturated heterocycles. The van der Waals surface area contributed by atoms with E-state index < -0.39 is 15.9 Å². The van der Waals surface area contributed by atoms with Crippen LogP contribution in [0, 0.1) is 12.8 Å². The molecule has 1 rings (SSSR count). The molecule has 5 heteroatoms. The fraction of sp³-hybridized carbons (Fsp3) is 0.429. The summed E-state index contributed by atoms with van der Waals surface area (Å²) in [6.07, 6.45) is 0.641. The van der Waals surface area contributed by atoms with Gasteiger partial charge < -0.3 is 5.11 Å². The van der Waals surface area contributed by atoms with E-state index in [4.69, 9.17) is 0 Å². The van der Waals surface area contributed by atoms with E-state index in [9.17, 15) is 13.5 Å². The molecule has 0 aliphatic carbocycles. The topological polar surface area (TPSA) is 54.4 Å². The minimum atomic E-state index is -3.54. The zero-order chi connectivity index (χ0) is 14.6. The highest BCUT2D eigenvalue weighted by Crippen LogP contribution is 2.22. The van der Waals surface area contributed by atoms with Crippen molar-refractivity contribution >= 4 is 25.8 Å². The lowest BCUT2D eigenvalue weighted by Crippen LogP contribution is -2.15. The molecule has 1 aromatic rings. The Morgan fingerprint density at radius 2 is 1.84 bits per heavy atom. The van der Waals surface area contributed by atoms with Crippen LogP contribution in [-0.2, 0) is 9.84 Å². The molecule has 0 amide bonds. The van der Waals surface area contributed by atoms with Gasteiger partial charge in [0.05, 0.1) is 15.9 Å². The Kier molecular flexibility index (Phi) is 5.77. The van der Waals surface area contributed by atoms with E-state index in [1.165, 1.54) is 6.08 Å². The number of sulfone groups is 1. The minimum Gasteiger partial charge on any atom is -0.389 e. The van der Waals surface area contributed by atoms with E-state index in [1.54, 1.807) is 24.3 Å². The Hall–Kier alpha value is -0.650. The molecule has 1 atom stereocenters. The maximum Gasteiger partial charge on any atom is 0.203 e. The fourth-order valence-corrected chi connectivity index (χ4v) is 3.81. The highest BCUT2D eigenvalue weighted by molar-refractivity contribution is 9.09. The van der Waals surface area contributed by atoms with Crippen LogP contribution in [0.1, 0.15) is 19.4 Å². The molecule has 0 aromatic heterocycles. The summed E-state index contributed by atoms with van der Waals surface area (Å²) in [6.45, 7) is 5.58. The van der Waals surface area contributed by atoms with Gasteiger partial charge in [0.15, 0.2) is 0 Å². The highest BCUT2D eigenvalue weighted by atomic mass is 79.9. The van der Waals surface area contributed by atoms with E-state index in [0.29, 0.717) is 0 Å². The van der Waals surface area contributed by atoms with Gasteiger partial charge in [-0.2, -0.15) is 0 Å². The first-order valence-corrected chi connectivity index (χ1v) is 8.66. The van der Waals surface area contributed by atoms with Crippen molar-refractivity contribution in [2.75, 3.05) is 5.33 Å². The number of rotatable bonds is 5. The lowest BCUT2D eigenvalue weighted by Gasteiger charge is -2.13. The van der Waals surface area contributed by atoms with E-state index in [-0.39, 0.29) is 21.0 Å². The predicted octanol–water partition coefficient (Wildman–Crippen LogP) is 3.06. The Balaban J connectivity index is 3.19. The molecular formula is C14H19BrO3S. The minimum absolute atomic E-state index is 0.0257. The van der Waals surface area contributed by atoms with Crippen molar-refractivity contribution in [3.8, 4) is 0 Å².